The molecule has 134 valence electrons. The molecule has 0 spiro atoms. The van der Waals surface area contributed by atoms with E-state index in [1.165, 1.54) is 0 Å². The molecule has 0 saturated heterocycles. The molecule has 0 aliphatic heterocycles. The van der Waals surface area contributed by atoms with Crippen molar-refractivity contribution in [3.8, 4) is 5.75 Å². The quantitative estimate of drug-likeness (QED) is 0.578. The number of amides is 1. The molecular formula is C18H18Cl3NO2S. The number of halogens is 3. The van der Waals surface area contributed by atoms with Crippen LogP contribution in [0.2, 0.25) is 15.1 Å². The molecule has 0 fully saturated rings. The first-order chi connectivity index (χ1) is 12.0. The summed E-state index contributed by atoms with van der Waals surface area (Å²) in [7, 11) is 0. The Kier molecular flexibility index (Phi) is 8.24. The van der Waals surface area contributed by atoms with E-state index in [2.05, 4.69) is 5.32 Å². The summed E-state index contributed by atoms with van der Waals surface area (Å²) in [5.41, 5.74) is 0.916. The Hall–Kier alpha value is -1.07. The van der Waals surface area contributed by atoms with E-state index in [9.17, 15) is 4.79 Å². The van der Waals surface area contributed by atoms with Crippen LogP contribution in [0.3, 0.4) is 0 Å². The Morgan fingerprint density at radius 1 is 1.16 bits per heavy atom. The molecule has 0 aliphatic rings. The second-order valence-electron chi connectivity index (χ2n) is 5.26. The minimum Gasteiger partial charge on any atom is -0.481 e. The molecule has 25 heavy (non-hydrogen) atoms. The van der Waals surface area contributed by atoms with E-state index in [0.29, 0.717) is 33.1 Å². The molecule has 2 rings (SSSR count). The van der Waals surface area contributed by atoms with Gasteiger partial charge in [0.15, 0.2) is 6.10 Å². The maximum Gasteiger partial charge on any atom is 0.260 e. The summed E-state index contributed by atoms with van der Waals surface area (Å²) < 4.78 is 5.58. The summed E-state index contributed by atoms with van der Waals surface area (Å²) >= 11 is 19.8. The molecule has 1 atom stereocenters. The van der Waals surface area contributed by atoms with Crippen LogP contribution in [0.15, 0.2) is 42.5 Å². The van der Waals surface area contributed by atoms with Gasteiger partial charge in [0.05, 0.1) is 0 Å². The lowest BCUT2D eigenvalue weighted by atomic mass is 10.2. The largest absolute Gasteiger partial charge is 0.481 e. The normalized spacial score (nSPS) is 11.8. The van der Waals surface area contributed by atoms with Crippen LogP contribution in [0.25, 0.3) is 0 Å². The second-order valence-corrected chi connectivity index (χ2v) is 7.62. The molecule has 7 heteroatoms. The first-order valence-electron chi connectivity index (χ1n) is 7.68. The molecule has 1 amide bonds. The molecule has 0 heterocycles. The highest BCUT2D eigenvalue weighted by Gasteiger charge is 2.14. The van der Waals surface area contributed by atoms with Crippen LogP contribution < -0.4 is 10.1 Å². The Balaban J connectivity index is 1.69. The van der Waals surface area contributed by atoms with Crippen molar-refractivity contribution in [2.24, 2.45) is 0 Å². The Labute approximate surface area is 167 Å². The summed E-state index contributed by atoms with van der Waals surface area (Å²) in [5.74, 6) is 1.84. The smallest absolute Gasteiger partial charge is 0.260 e. The predicted molar refractivity (Wildman–Crippen MR) is 107 cm³/mol. The van der Waals surface area contributed by atoms with E-state index in [4.69, 9.17) is 39.5 Å². The van der Waals surface area contributed by atoms with E-state index in [1.54, 1.807) is 43.0 Å². The highest BCUT2D eigenvalue weighted by molar-refractivity contribution is 7.98. The van der Waals surface area contributed by atoms with Gasteiger partial charge in [-0.05, 0) is 42.8 Å². The Morgan fingerprint density at radius 2 is 1.84 bits per heavy atom. The van der Waals surface area contributed by atoms with Gasteiger partial charge in [-0.25, -0.2) is 0 Å². The first-order valence-corrected chi connectivity index (χ1v) is 9.97. The first kappa shape index (κ1) is 20.2. The second kappa shape index (κ2) is 10.2. The van der Waals surface area contributed by atoms with Gasteiger partial charge in [-0.3, -0.25) is 4.79 Å². The number of ether oxygens (including phenoxy) is 1. The summed E-state index contributed by atoms with van der Waals surface area (Å²) in [4.78, 5) is 12.1. The standard InChI is InChI=1S/C18H18Cl3NO2S/c1-12(24-14-5-2-4-13(19)10-14)18(23)22-8-9-25-11-15-16(20)6-3-7-17(15)21/h2-7,10,12H,8-9,11H2,1H3,(H,22,23). The van der Waals surface area contributed by atoms with Gasteiger partial charge in [0.1, 0.15) is 5.75 Å². The number of carbonyl (C=O) groups is 1. The number of thioether (sulfide) groups is 1. The van der Waals surface area contributed by atoms with Crippen molar-refractivity contribution in [2.75, 3.05) is 12.3 Å². The van der Waals surface area contributed by atoms with Gasteiger partial charge < -0.3 is 10.1 Å². The molecule has 0 bridgehead atoms. The van der Waals surface area contributed by atoms with Crippen molar-refractivity contribution >= 4 is 52.5 Å². The number of benzene rings is 2. The van der Waals surface area contributed by atoms with Crippen LogP contribution in [0, 0.1) is 0 Å². The van der Waals surface area contributed by atoms with Gasteiger partial charge in [-0.1, -0.05) is 46.9 Å². The van der Waals surface area contributed by atoms with E-state index in [0.717, 1.165) is 11.3 Å². The zero-order valence-corrected chi connectivity index (χ0v) is 16.7. The summed E-state index contributed by atoms with van der Waals surface area (Å²) in [5, 5.41) is 4.74. The van der Waals surface area contributed by atoms with Crippen molar-refractivity contribution in [1.29, 1.82) is 0 Å². The van der Waals surface area contributed by atoms with Crippen molar-refractivity contribution in [3.05, 3.63) is 63.1 Å². The number of hydrogen-bond acceptors (Lipinski definition) is 3. The highest BCUT2D eigenvalue weighted by Crippen LogP contribution is 2.28. The summed E-state index contributed by atoms with van der Waals surface area (Å²) in [6, 6.07) is 12.4. The van der Waals surface area contributed by atoms with Crippen LogP contribution in [-0.2, 0) is 10.5 Å². The molecule has 2 aromatic rings. The van der Waals surface area contributed by atoms with Crippen LogP contribution in [0.5, 0.6) is 5.75 Å². The topological polar surface area (TPSA) is 38.3 Å². The monoisotopic (exact) mass is 417 g/mol. The zero-order chi connectivity index (χ0) is 18.2. The Bertz CT molecular complexity index is 707. The third-order valence-electron chi connectivity index (χ3n) is 3.33. The van der Waals surface area contributed by atoms with Gasteiger partial charge >= 0.3 is 0 Å². The minimum atomic E-state index is -0.596. The van der Waals surface area contributed by atoms with Gasteiger partial charge in [-0.15, -0.1) is 0 Å². The lowest BCUT2D eigenvalue weighted by molar-refractivity contribution is -0.127. The molecule has 3 nitrogen and oxygen atoms in total. The highest BCUT2D eigenvalue weighted by atomic mass is 35.5. The fourth-order valence-electron chi connectivity index (χ4n) is 2.03. The lowest BCUT2D eigenvalue weighted by Crippen LogP contribution is -2.37. The van der Waals surface area contributed by atoms with Crippen molar-refractivity contribution in [2.45, 2.75) is 18.8 Å². The van der Waals surface area contributed by atoms with Crippen molar-refractivity contribution in [3.63, 3.8) is 0 Å². The van der Waals surface area contributed by atoms with Gasteiger partial charge in [0.25, 0.3) is 5.91 Å². The number of rotatable bonds is 8. The molecule has 2 aromatic carbocycles. The molecule has 0 saturated carbocycles. The van der Waals surface area contributed by atoms with E-state index >= 15 is 0 Å². The molecule has 0 radical (unpaired) electrons. The SMILES string of the molecule is CC(Oc1cccc(Cl)c1)C(=O)NCCSCc1c(Cl)cccc1Cl. The van der Waals surface area contributed by atoms with E-state index in [1.807, 2.05) is 18.2 Å². The molecular weight excluding hydrogens is 401 g/mol. The summed E-state index contributed by atoms with van der Waals surface area (Å²) in [6.07, 6.45) is -0.596. The fourth-order valence-corrected chi connectivity index (χ4v) is 3.81. The van der Waals surface area contributed by atoms with Gasteiger partial charge in [-0.2, -0.15) is 11.8 Å². The number of hydrogen-bond donors (Lipinski definition) is 1. The van der Waals surface area contributed by atoms with Gasteiger partial charge in [0, 0.05) is 33.1 Å². The van der Waals surface area contributed by atoms with Crippen molar-refractivity contribution in [1.82, 2.24) is 5.32 Å². The van der Waals surface area contributed by atoms with Crippen LogP contribution >= 0.6 is 46.6 Å². The average molecular weight is 419 g/mol. The Morgan fingerprint density at radius 3 is 2.52 bits per heavy atom. The van der Waals surface area contributed by atoms with Crippen LogP contribution in [0.4, 0.5) is 0 Å². The average Bonchev–Trinajstić information content (AvgIpc) is 2.56. The zero-order valence-electron chi connectivity index (χ0n) is 13.6. The van der Waals surface area contributed by atoms with E-state index in [-0.39, 0.29) is 5.91 Å². The minimum absolute atomic E-state index is 0.170. The van der Waals surface area contributed by atoms with Crippen LogP contribution in [0.1, 0.15) is 12.5 Å². The lowest BCUT2D eigenvalue weighted by Gasteiger charge is -2.15. The van der Waals surface area contributed by atoms with Gasteiger partial charge in [0.2, 0.25) is 0 Å². The summed E-state index contributed by atoms with van der Waals surface area (Å²) in [6.45, 7) is 2.24. The molecule has 0 aliphatic carbocycles. The maximum atomic E-state index is 12.1. The van der Waals surface area contributed by atoms with E-state index < -0.39 is 6.10 Å². The number of carbonyl (C=O) groups excluding carboxylic acids is 1. The third-order valence-corrected chi connectivity index (χ3v) is 5.26. The predicted octanol–water partition coefficient (Wildman–Crippen LogP) is 5.46. The van der Waals surface area contributed by atoms with Crippen molar-refractivity contribution < 1.29 is 9.53 Å². The molecule has 0 aromatic heterocycles. The third kappa shape index (κ3) is 6.63. The fraction of sp³-hybridized carbons (Fsp3) is 0.278. The molecule has 1 N–H and O–H groups in total. The molecule has 1 unspecified atom stereocenters. The van der Waals surface area contributed by atoms with Crippen LogP contribution in [-0.4, -0.2) is 24.3 Å². The number of nitrogens with one attached hydrogen (secondary N) is 1. The maximum absolute atomic E-state index is 12.1.